The largest absolute Gasteiger partial charge is 0.315 e. The molecule has 0 atom stereocenters. The summed E-state index contributed by atoms with van der Waals surface area (Å²) in [6.45, 7) is 6.63. The Morgan fingerprint density at radius 2 is 1.75 bits per heavy atom. The highest BCUT2D eigenvalue weighted by Gasteiger charge is 2.36. The summed E-state index contributed by atoms with van der Waals surface area (Å²) in [7, 11) is 0. The van der Waals surface area contributed by atoms with Gasteiger partial charge in [-0.05, 0) is 23.8 Å². The number of hydrogen-bond acceptors (Lipinski definition) is 2. The number of hydrogen-bond donors (Lipinski definition) is 2. The molecule has 0 radical (unpaired) electrons. The average molecular weight is 218 g/mol. The maximum atomic E-state index is 3.51. The topological polar surface area (TPSA) is 24.1 Å². The summed E-state index contributed by atoms with van der Waals surface area (Å²) in [5.74, 6) is 0. The number of nitrogens with one attached hydrogen (secondary N) is 2. The summed E-state index contributed by atoms with van der Waals surface area (Å²) in [6.07, 6.45) is 2.80. The van der Waals surface area contributed by atoms with Gasteiger partial charge in [-0.2, -0.15) is 0 Å². The molecular formula is C14H22N2. The van der Waals surface area contributed by atoms with E-state index in [0.717, 1.165) is 19.6 Å². The van der Waals surface area contributed by atoms with Gasteiger partial charge in [0.2, 0.25) is 0 Å². The van der Waals surface area contributed by atoms with E-state index in [0.29, 0.717) is 5.41 Å². The van der Waals surface area contributed by atoms with Crippen molar-refractivity contribution in [2.75, 3.05) is 19.6 Å². The SMILES string of the molecule is CC1(CNCCNCc2ccccc2)CC1. The normalized spacial score (nSPS) is 17.3. The Morgan fingerprint density at radius 1 is 1.06 bits per heavy atom. The zero-order chi connectivity index (χ0) is 11.3. The van der Waals surface area contributed by atoms with Crippen molar-refractivity contribution in [3.05, 3.63) is 35.9 Å². The van der Waals surface area contributed by atoms with Crippen molar-refractivity contribution in [1.82, 2.24) is 10.6 Å². The van der Waals surface area contributed by atoms with Crippen LogP contribution in [0.5, 0.6) is 0 Å². The van der Waals surface area contributed by atoms with Crippen LogP contribution in [-0.4, -0.2) is 19.6 Å². The summed E-state index contributed by atoms with van der Waals surface area (Å²) < 4.78 is 0. The third-order valence-electron chi connectivity index (χ3n) is 3.31. The van der Waals surface area contributed by atoms with Gasteiger partial charge in [0, 0.05) is 26.2 Å². The lowest BCUT2D eigenvalue weighted by molar-refractivity contribution is 0.492. The fourth-order valence-corrected chi connectivity index (χ4v) is 1.79. The minimum atomic E-state index is 0.624. The molecular weight excluding hydrogens is 196 g/mol. The Hall–Kier alpha value is -0.860. The lowest BCUT2D eigenvalue weighted by atomic mass is 10.1. The van der Waals surface area contributed by atoms with Gasteiger partial charge < -0.3 is 10.6 Å². The quantitative estimate of drug-likeness (QED) is 0.685. The van der Waals surface area contributed by atoms with Crippen molar-refractivity contribution in [2.45, 2.75) is 26.3 Å². The molecule has 16 heavy (non-hydrogen) atoms. The standard InChI is InChI=1S/C14H22N2/c1-14(7-8-14)12-16-10-9-15-11-13-5-3-2-4-6-13/h2-6,15-16H,7-12H2,1H3. The first kappa shape index (κ1) is 11.6. The van der Waals surface area contributed by atoms with E-state index in [2.05, 4.69) is 47.9 Å². The molecule has 2 N–H and O–H groups in total. The molecule has 2 rings (SSSR count). The first-order valence-corrected chi connectivity index (χ1v) is 6.24. The van der Waals surface area contributed by atoms with Gasteiger partial charge in [0.1, 0.15) is 0 Å². The molecule has 0 amide bonds. The Morgan fingerprint density at radius 3 is 2.44 bits per heavy atom. The monoisotopic (exact) mass is 218 g/mol. The van der Waals surface area contributed by atoms with E-state index in [4.69, 9.17) is 0 Å². The second kappa shape index (κ2) is 5.46. The molecule has 0 heterocycles. The Kier molecular flexibility index (Phi) is 3.97. The van der Waals surface area contributed by atoms with Gasteiger partial charge in [-0.25, -0.2) is 0 Å². The molecule has 2 nitrogen and oxygen atoms in total. The summed E-state index contributed by atoms with van der Waals surface area (Å²) in [6, 6.07) is 10.5. The summed E-state index contributed by atoms with van der Waals surface area (Å²) >= 11 is 0. The van der Waals surface area contributed by atoms with Crippen molar-refractivity contribution < 1.29 is 0 Å². The summed E-state index contributed by atoms with van der Waals surface area (Å²) in [5, 5.41) is 6.96. The van der Waals surface area contributed by atoms with Crippen molar-refractivity contribution in [3.8, 4) is 0 Å². The average Bonchev–Trinajstić information content (AvgIpc) is 3.03. The second-order valence-corrected chi connectivity index (χ2v) is 5.15. The maximum absolute atomic E-state index is 3.51. The minimum Gasteiger partial charge on any atom is -0.315 e. The molecule has 1 aliphatic rings. The smallest absolute Gasteiger partial charge is 0.0206 e. The van der Waals surface area contributed by atoms with Crippen molar-refractivity contribution in [1.29, 1.82) is 0 Å². The van der Waals surface area contributed by atoms with E-state index in [1.54, 1.807) is 0 Å². The van der Waals surface area contributed by atoms with Crippen LogP contribution in [0.4, 0.5) is 0 Å². The summed E-state index contributed by atoms with van der Waals surface area (Å²) in [4.78, 5) is 0. The molecule has 88 valence electrons. The zero-order valence-electron chi connectivity index (χ0n) is 10.1. The zero-order valence-corrected chi connectivity index (χ0v) is 10.1. The van der Waals surface area contributed by atoms with E-state index in [1.165, 1.54) is 24.9 Å². The molecule has 2 heteroatoms. The van der Waals surface area contributed by atoms with Gasteiger partial charge >= 0.3 is 0 Å². The maximum Gasteiger partial charge on any atom is 0.0206 e. The van der Waals surface area contributed by atoms with Gasteiger partial charge in [0.05, 0.1) is 0 Å². The van der Waals surface area contributed by atoms with Gasteiger partial charge in [-0.15, -0.1) is 0 Å². The second-order valence-electron chi connectivity index (χ2n) is 5.15. The Balaban J connectivity index is 1.49. The fraction of sp³-hybridized carbons (Fsp3) is 0.571. The van der Waals surface area contributed by atoms with Crippen LogP contribution in [0.2, 0.25) is 0 Å². The first-order chi connectivity index (χ1) is 7.79. The Labute approximate surface area is 98.4 Å². The van der Waals surface area contributed by atoms with Crippen LogP contribution in [0.15, 0.2) is 30.3 Å². The van der Waals surface area contributed by atoms with Gasteiger partial charge in [-0.3, -0.25) is 0 Å². The number of rotatable bonds is 7. The highest BCUT2D eigenvalue weighted by atomic mass is 14.9. The van der Waals surface area contributed by atoms with Crippen LogP contribution >= 0.6 is 0 Å². The third kappa shape index (κ3) is 3.95. The first-order valence-electron chi connectivity index (χ1n) is 6.24. The van der Waals surface area contributed by atoms with Crippen LogP contribution < -0.4 is 10.6 Å². The van der Waals surface area contributed by atoms with Crippen molar-refractivity contribution in [3.63, 3.8) is 0 Å². The molecule has 1 aromatic rings. The fourth-order valence-electron chi connectivity index (χ4n) is 1.79. The lowest BCUT2D eigenvalue weighted by Crippen LogP contribution is -2.30. The van der Waals surface area contributed by atoms with E-state index in [1.807, 2.05) is 0 Å². The third-order valence-corrected chi connectivity index (χ3v) is 3.31. The summed E-state index contributed by atoms with van der Waals surface area (Å²) in [5.41, 5.74) is 1.98. The van der Waals surface area contributed by atoms with Crippen molar-refractivity contribution >= 4 is 0 Å². The molecule has 1 fully saturated rings. The van der Waals surface area contributed by atoms with Crippen LogP contribution in [0.1, 0.15) is 25.3 Å². The van der Waals surface area contributed by atoms with Gasteiger partial charge in [-0.1, -0.05) is 37.3 Å². The predicted octanol–water partition coefficient (Wildman–Crippen LogP) is 2.17. The Bertz CT molecular complexity index is 304. The van der Waals surface area contributed by atoms with E-state index >= 15 is 0 Å². The van der Waals surface area contributed by atoms with E-state index < -0.39 is 0 Å². The highest BCUT2D eigenvalue weighted by molar-refractivity contribution is 5.14. The minimum absolute atomic E-state index is 0.624. The molecule has 1 aliphatic carbocycles. The molecule has 1 saturated carbocycles. The van der Waals surface area contributed by atoms with Crippen LogP contribution in [-0.2, 0) is 6.54 Å². The van der Waals surface area contributed by atoms with Crippen LogP contribution in [0.3, 0.4) is 0 Å². The highest BCUT2D eigenvalue weighted by Crippen LogP contribution is 2.43. The molecule has 0 saturated heterocycles. The molecule has 0 aliphatic heterocycles. The number of benzene rings is 1. The molecule has 0 spiro atoms. The molecule has 1 aromatic carbocycles. The lowest BCUT2D eigenvalue weighted by Gasteiger charge is -2.10. The van der Waals surface area contributed by atoms with E-state index in [-0.39, 0.29) is 0 Å². The van der Waals surface area contributed by atoms with Crippen LogP contribution in [0, 0.1) is 5.41 Å². The molecule has 0 bridgehead atoms. The van der Waals surface area contributed by atoms with E-state index in [9.17, 15) is 0 Å². The van der Waals surface area contributed by atoms with Gasteiger partial charge in [0.25, 0.3) is 0 Å². The van der Waals surface area contributed by atoms with Crippen LogP contribution in [0.25, 0.3) is 0 Å². The van der Waals surface area contributed by atoms with Crippen molar-refractivity contribution in [2.24, 2.45) is 5.41 Å². The molecule has 0 unspecified atom stereocenters. The predicted molar refractivity (Wildman–Crippen MR) is 68.4 cm³/mol. The van der Waals surface area contributed by atoms with Gasteiger partial charge in [0.15, 0.2) is 0 Å². The molecule has 0 aromatic heterocycles.